The van der Waals surface area contributed by atoms with Crippen molar-refractivity contribution in [2.45, 2.75) is 37.7 Å². The first-order valence-electron chi connectivity index (χ1n) is 9.65. The van der Waals surface area contributed by atoms with Crippen molar-refractivity contribution in [3.8, 4) is 0 Å². The van der Waals surface area contributed by atoms with Gasteiger partial charge in [-0.2, -0.15) is 38.1 Å². The predicted molar refractivity (Wildman–Crippen MR) is 131 cm³/mol. The van der Waals surface area contributed by atoms with Gasteiger partial charge in [-0.25, -0.2) is 4.98 Å². The summed E-state index contributed by atoms with van der Waals surface area (Å²) in [6, 6.07) is 5.80. The van der Waals surface area contributed by atoms with Crippen LogP contribution in [0.3, 0.4) is 0 Å². The molecule has 14 heteroatoms. The Hall–Kier alpha value is -1.74. The molecule has 2 amide bonds. The summed E-state index contributed by atoms with van der Waals surface area (Å²) in [5, 5.41) is -0.741. The fourth-order valence-electron chi connectivity index (χ4n) is 3.49. The highest BCUT2D eigenvalue weighted by Gasteiger charge is 2.58. The van der Waals surface area contributed by atoms with Gasteiger partial charge in [-0.1, -0.05) is 17.7 Å². The number of nitrogens with zero attached hydrogens (tertiary/aromatic N) is 2. The molecule has 0 saturated heterocycles. The Kier molecular flexibility index (Phi) is 9.02. The first kappa shape index (κ1) is 29.5. The number of anilines is 1. The van der Waals surface area contributed by atoms with Crippen LogP contribution in [0.5, 0.6) is 0 Å². The lowest BCUT2D eigenvalue weighted by molar-refractivity contribution is -0.254. The van der Waals surface area contributed by atoms with Gasteiger partial charge in [0.1, 0.15) is 0 Å². The number of rotatable bonds is 7. The molecular weight excluding hydrogens is 635 g/mol. The SMILES string of the molecule is CSCC(C)(C)N(C(=O)c1cccc(I)c1C(N)=O)c1ccc(C(C(F)(F)F)C(F)(F)F)nc1Cl. The minimum Gasteiger partial charge on any atom is -0.366 e. The molecule has 0 aliphatic heterocycles. The Morgan fingerprint density at radius 1 is 1.11 bits per heavy atom. The van der Waals surface area contributed by atoms with Gasteiger partial charge in [0.2, 0.25) is 0 Å². The second-order valence-electron chi connectivity index (χ2n) is 7.97. The summed E-state index contributed by atoms with van der Waals surface area (Å²) in [5.41, 5.74) is 2.61. The molecule has 1 aromatic heterocycles. The Balaban J connectivity index is 2.74. The molecule has 0 aliphatic rings. The Bertz CT molecular complexity index is 1110. The summed E-state index contributed by atoms with van der Waals surface area (Å²) < 4.78 is 79.4. The Morgan fingerprint density at radius 3 is 2.14 bits per heavy atom. The summed E-state index contributed by atoms with van der Waals surface area (Å²) in [6.45, 7) is 3.25. The average molecular weight is 654 g/mol. The number of hydrogen-bond donors (Lipinski definition) is 1. The zero-order valence-corrected chi connectivity index (χ0v) is 22.1. The van der Waals surface area contributed by atoms with E-state index in [1.54, 1.807) is 26.2 Å². The average Bonchev–Trinajstić information content (AvgIpc) is 2.66. The summed E-state index contributed by atoms with van der Waals surface area (Å²) >= 11 is 9.25. The van der Waals surface area contributed by atoms with E-state index in [0.717, 1.165) is 11.0 Å². The molecule has 0 radical (unpaired) electrons. The molecule has 35 heavy (non-hydrogen) atoms. The molecule has 1 aromatic carbocycles. The molecule has 5 nitrogen and oxygen atoms in total. The number of hydrogen-bond acceptors (Lipinski definition) is 4. The molecule has 0 saturated carbocycles. The number of thioether (sulfide) groups is 1. The molecule has 0 atom stereocenters. The number of primary amides is 1. The highest BCUT2D eigenvalue weighted by Crippen LogP contribution is 2.46. The van der Waals surface area contributed by atoms with Gasteiger partial charge in [-0.15, -0.1) is 0 Å². The molecule has 0 unspecified atom stereocenters. The number of halogens is 8. The van der Waals surface area contributed by atoms with Crippen molar-refractivity contribution >= 4 is 63.5 Å². The molecule has 2 rings (SSSR count). The van der Waals surface area contributed by atoms with Crippen LogP contribution in [0.25, 0.3) is 0 Å². The monoisotopic (exact) mass is 653 g/mol. The molecule has 1 heterocycles. The lowest BCUT2D eigenvalue weighted by Gasteiger charge is -2.39. The highest BCUT2D eigenvalue weighted by atomic mass is 127. The Labute approximate surface area is 219 Å². The number of pyridine rings is 1. The first-order valence-corrected chi connectivity index (χ1v) is 12.5. The maximum atomic E-state index is 13.7. The smallest absolute Gasteiger partial charge is 0.366 e. The van der Waals surface area contributed by atoms with E-state index in [0.29, 0.717) is 15.4 Å². The van der Waals surface area contributed by atoms with Crippen LogP contribution < -0.4 is 10.6 Å². The number of benzene rings is 1. The Morgan fingerprint density at radius 2 is 1.69 bits per heavy atom. The van der Waals surface area contributed by atoms with Gasteiger partial charge in [-0.05, 0) is 67.0 Å². The van der Waals surface area contributed by atoms with E-state index >= 15 is 0 Å². The van der Waals surface area contributed by atoms with Crippen LogP contribution in [0, 0.1) is 3.57 Å². The first-order chi connectivity index (χ1) is 15.9. The number of aromatic nitrogens is 1. The van der Waals surface area contributed by atoms with Crippen molar-refractivity contribution < 1.29 is 35.9 Å². The molecule has 0 spiro atoms. The summed E-state index contributed by atoms with van der Waals surface area (Å²) in [7, 11) is 0. The van der Waals surface area contributed by atoms with Crippen molar-refractivity contribution in [3.63, 3.8) is 0 Å². The fourth-order valence-corrected chi connectivity index (χ4v) is 5.34. The second-order valence-corrected chi connectivity index (χ2v) is 10.4. The van der Waals surface area contributed by atoms with E-state index in [9.17, 15) is 35.9 Å². The molecule has 0 aliphatic carbocycles. The van der Waals surface area contributed by atoms with Crippen LogP contribution in [0.1, 0.15) is 46.2 Å². The van der Waals surface area contributed by atoms with Gasteiger partial charge in [0.25, 0.3) is 11.8 Å². The van der Waals surface area contributed by atoms with Crippen molar-refractivity contribution in [2.75, 3.05) is 16.9 Å². The summed E-state index contributed by atoms with van der Waals surface area (Å²) in [5.74, 6) is -5.24. The van der Waals surface area contributed by atoms with E-state index in [4.69, 9.17) is 17.3 Å². The predicted octanol–water partition coefficient (Wildman–Crippen LogP) is 6.44. The van der Waals surface area contributed by atoms with Gasteiger partial charge in [0.15, 0.2) is 11.1 Å². The molecule has 192 valence electrons. The van der Waals surface area contributed by atoms with Crippen molar-refractivity contribution in [1.29, 1.82) is 0 Å². The lowest BCUT2D eigenvalue weighted by atomic mass is 9.99. The van der Waals surface area contributed by atoms with Crippen LogP contribution in [0.4, 0.5) is 32.0 Å². The molecule has 0 bridgehead atoms. The molecule has 2 N–H and O–H groups in total. The number of nitrogens with two attached hydrogens (primary N) is 1. The highest BCUT2D eigenvalue weighted by molar-refractivity contribution is 14.1. The molecular formula is C21H19ClF6IN3O2S. The third kappa shape index (κ3) is 6.53. The third-order valence-electron chi connectivity index (χ3n) is 4.84. The quantitative estimate of drug-likeness (QED) is 0.212. The molecule has 2 aromatic rings. The topological polar surface area (TPSA) is 76.3 Å². The van der Waals surface area contributed by atoms with Crippen LogP contribution in [0.2, 0.25) is 5.15 Å². The van der Waals surface area contributed by atoms with Gasteiger partial charge >= 0.3 is 12.4 Å². The van der Waals surface area contributed by atoms with E-state index in [1.807, 2.05) is 22.6 Å². The van der Waals surface area contributed by atoms with E-state index in [1.165, 1.54) is 23.9 Å². The van der Waals surface area contributed by atoms with Crippen LogP contribution in [-0.2, 0) is 0 Å². The van der Waals surface area contributed by atoms with Gasteiger partial charge < -0.3 is 5.73 Å². The molecule has 0 fully saturated rings. The zero-order chi connectivity index (χ0) is 26.9. The van der Waals surface area contributed by atoms with Crippen LogP contribution >= 0.6 is 46.0 Å². The number of carbonyl (C=O) groups excluding carboxylic acids is 2. The number of amides is 2. The standard InChI is InChI=1S/C21H19ClF6IN3O2S/c1-19(2,9-35-3)32(18(34)10-5-4-6-11(29)14(10)17(30)33)13-8-7-12(31-16(13)22)15(20(23,24)25)21(26,27)28/h4-8,15H,9H2,1-3H3,(H2,30,33). The number of alkyl halides is 6. The van der Waals surface area contributed by atoms with Crippen LogP contribution in [-0.4, -0.2) is 46.7 Å². The van der Waals surface area contributed by atoms with Gasteiger partial charge in [0, 0.05) is 9.32 Å². The lowest BCUT2D eigenvalue weighted by Crippen LogP contribution is -2.50. The van der Waals surface area contributed by atoms with Crippen LogP contribution in [0.15, 0.2) is 30.3 Å². The number of carbonyl (C=O) groups is 2. The third-order valence-corrected chi connectivity index (χ3v) is 7.01. The van der Waals surface area contributed by atoms with E-state index in [2.05, 4.69) is 4.98 Å². The van der Waals surface area contributed by atoms with E-state index < -0.39 is 46.5 Å². The minimum absolute atomic E-state index is 0.0852. The maximum Gasteiger partial charge on any atom is 0.406 e. The summed E-state index contributed by atoms with van der Waals surface area (Å²) in [4.78, 5) is 30.2. The van der Waals surface area contributed by atoms with Gasteiger partial charge in [-0.3, -0.25) is 14.5 Å². The van der Waals surface area contributed by atoms with Crippen molar-refractivity contribution in [2.24, 2.45) is 5.73 Å². The fraction of sp³-hybridized carbons (Fsp3) is 0.381. The van der Waals surface area contributed by atoms with Gasteiger partial charge in [0.05, 0.1) is 28.0 Å². The van der Waals surface area contributed by atoms with Crippen molar-refractivity contribution in [1.82, 2.24) is 4.98 Å². The van der Waals surface area contributed by atoms with E-state index in [-0.39, 0.29) is 16.8 Å². The summed E-state index contributed by atoms with van der Waals surface area (Å²) in [6.07, 6.45) is -9.59. The largest absolute Gasteiger partial charge is 0.406 e. The zero-order valence-electron chi connectivity index (χ0n) is 18.4. The minimum atomic E-state index is -5.67. The van der Waals surface area contributed by atoms with Crippen molar-refractivity contribution in [3.05, 3.63) is 55.9 Å². The maximum absolute atomic E-state index is 13.7. The second kappa shape index (κ2) is 10.7. The normalized spacial score (nSPS) is 12.7.